The fourth-order valence-corrected chi connectivity index (χ4v) is 4.27. The highest BCUT2D eigenvalue weighted by Crippen LogP contribution is 2.39. The molecular weight excluding hydrogens is 436 g/mol. The third-order valence-electron chi connectivity index (χ3n) is 6.11. The Bertz CT molecular complexity index is 1040. The predicted molar refractivity (Wildman–Crippen MR) is 127 cm³/mol. The standard InChI is InChI=1S/C26H30N2O6/c1-2-15-34-21-9-5-19(6-10-21)24(30)22-23(18-3-7-20(29)8-4-18)28(26(32)25(22)31)12-11-27-13-16-33-17-14-27/h3-10,23,29-30H,2,11-17H2,1H3/t23-/m1/s1. The third-order valence-corrected chi connectivity index (χ3v) is 6.11. The summed E-state index contributed by atoms with van der Waals surface area (Å²) in [7, 11) is 0. The van der Waals surface area contributed by atoms with Crippen molar-refractivity contribution in [1.82, 2.24) is 9.80 Å². The number of morpholine rings is 1. The Kier molecular flexibility index (Phi) is 7.49. The Labute approximate surface area is 199 Å². The average molecular weight is 467 g/mol. The van der Waals surface area contributed by atoms with Crippen LogP contribution in [-0.2, 0) is 14.3 Å². The molecule has 2 aromatic carbocycles. The van der Waals surface area contributed by atoms with E-state index in [2.05, 4.69) is 4.90 Å². The fraction of sp³-hybridized carbons (Fsp3) is 0.385. The van der Waals surface area contributed by atoms with Crippen LogP contribution in [0.25, 0.3) is 5.76 Å². The molecule has 0 aliphatic carbocycles. The average Bonchev–Trinajstić information content (AvgIpc) is 3.12. The summed E-state index contributed by atoms with van der Waals surface area (Å²) in [6, 6.07) is 12.4. The molecule has 0 spiro atoms. The minimum atomic E-state index is -0.752. The molecule has 1 amide bonds. The number of carbonyl (C=O) groups is 2. The first-order valence-corrected chi connectivity index (χ1v) is 11.6. The number of hydrogen-bond donors (Lipinski definition) is 2. The molecule has 34 heavy (non-hydrogen) atoms. The van der Waals surface area contributed by atoms with E-state index in [-0.39, 0.29) is 17.1 Å². The third kappa shape index (κ3) is 5.08. The molecule has 180 valence electrons. The van der Waals surface area contributed by atoms with Gasteiger partial charge in [0.1, 0.15) is 17.3 Å². The molecule has 1 atom stereocenters. The van der Waals surface area contributed by atoms with Gasteiger partial charge in [-0.3, -0.25) is 14.5 Å². The van der Waals surface area contributed by atoms with Crippen LogP contribution in [0, 0.1) is 0 Å². The van der Waals surface area contributed by atoms with Gasteiger partial charge in [0.15, 0.2) is 0 Å². The van der Waals surface area contributed by atoms with Crippen LogP contribution in [0.3, 0.4) is 0 Å². The first kappa shape index (κ1) is 23.8. The van der Waals surface area contributed by atoms with Crippen molar-refractivity contribution in [3.63, 3.8) is 0 Å². The lowest BCUT2D eigenvalue weighted by Crippen LogP contribution is -2.42. The fourth-order valence-electron chi connectivity index (χ4n) is 4.27. The molecule has 0 radical (unpaired) electrons. The molecule has 2 heterocycles. The van der Waals surface area contributed by atoms with Gasteiger partial charge in [-0.25, -0.2) is 0 Å². The van der Waals surface area contributed by atoms with Crippen LogP contribution in [0.4, 0.5) is 0 Å². The van der Waals surface area contributed by atoms with Crippen LogP contribution in [0.1, 0.15) is 30.5 Å². The number of likely N-dealkylation sites (tertiary alicyclic amines) is 1. The highest BCUT2D eigenvalue weighted by atomic mass is 16.5. The van der Waals surface area contributed by atoms with Crippen molar-refractivity contribution >= 4 is 17.4 Å². The van der Waals surface area contributed by atoms with E-state index in [0.29, 0.717) is 49.8 Å². The number of rotatable bonds is 8. The Morgan fingerprint density at radius 3 is 2.35 bits per heavy atom. The van der Waals surface area contributed by atoms with Crippen LogP contribution in [-0.4, -0.2) is 77.7 Å². The molecular formula is C26H30N2O6. The van der Waals surface area contributed by atoms with E-state index in [1.54, 1.807) is 36.4 Å². The zero-order chi connectivity index (χ0) is 24.1. The molecule has 2 aliphatic heterocycles. The molecule has 0 aromatic heterocycles. The largest absolute Gasteiger partial charge is 0.508 e. The Morgan fingerprint density at radius 1 is 1.03 bits per heavy atom. The lowest BCUT2D eigenvalue weighted by molar-refractivity contribution is -0.140. The van der Waals surface area contributed by atoms with Crippen molar-refractivity contribution in [2.45, 2.75) is 19.4 Å². The first-order chi connectivity index (χ1) is 16.5. The van der Waals surface area contributed by atoms with Crippen molar-refractivity contribution in [3.8, 4) is 11.5 Å². The summed E-state index contributed by atoms with van der Waals surface area (Å²) in [6.45, 7) is 6.32. The van der Waals surface area contributed by atoms with Gasteiger partial charge in [-0.15, -0.1) is 0 Å². The Balaban J connectivity index is 1.67. The molecule has 0 bridgehead atoms. The molecule has 8 heteroatoms. The van der Waals surface area contributed by atoms with Gasteiger partial charge in [0.25, 0.3) is 11.7 Å². The number of benzene rings is 2. The van der Waals surface area contributed by atoms with Gasteiger partial charge in [-0.1, -0.05) is 19.1 Å². The lowest BCUT2D eigenvalue weighted by Gasteiger charge is -2.31. The number of ether oxygens (including phenoxy) is 2. The minimum Gasteiger partial charge on any atom is -0.508 e. The zero-order valence-electron chi connectivity index (χ0n) is 19.3. The molecule has 0 saturated carbocycles. The number of aliphatic hydroxyl groups is 1. The predicted octanol–water partition coefficient (Wildman–Crippen LogP) is 2.93. The van der Waals surface area contributed by atoms with Gasteiger partial charge in [0, 0.05) is 31.7 Å². The number of nitrogens with zero attached hydrogens (tertiary/aromatic N) is 2. The molecule has 2 aromatic rings. The SMILES string of the molecule is CCCOc1ccc(C(O)=C2C(=O)C(=O)N(CCN3CCOCC3)[C@@H]2c2ccc(O)cc2)cc1. The molecule has 2 fully saturated rings. The van der Waals surface area contributed by atoms with Crippen LogP contribution in [0.2, 0.25) is 0 Å². The topological polar surface area (TPSA) is 99.5 Å². The van der Waals surface area contributed by atoms with E-state index < -0.39 is 17.7 Å². The van der Waals surface area contributed by atoms with Crippen molar-refractivity contribution in [1.29, 1.82) is 0 Å². The van der Waals surface area contributed by atoms with E-state index in [9.17, 15) is 19.8 Å². The first-order valence-electron chi connectivity index (χ1n) is 11.6. The summed E-state index contributed by atoms with van der Waals surface area (Å²) in [5, 5.41) is 20.9. The van der Waals surface area contributed by atoms with E-state index in [0.717, 1.165) is 19.5 Å². The summed E-state index contributed by atoms with van der Waals surface area (Å²) in [5.74, 6) is -0.844. The normalized spacial score (nSPS) is 20.6. The second kappa shape index (κ2) is 10.7. The number of carbonyl (C=O) groups excluding carboxylic acids is 2. The maximum atomic E-state index is 13.1. The molecule has 8 nitrogen and oxygen atoms in total. The Morgan fingerprint density at radius 2 is 1.71 bits per heavy atom. The summed E-state index contributed by atoms with van der Waals surface area (Å²) in [5.41, 5.74) is 1.11. The molecule has 0 unspecified atom stereocenters. The summed E-state index contributed by atoms with van der Waals surface area (Å²) in [4.78, 5) is 29.9. The number of aliphatic hydroxyl groups excluding tert-OH is 1. The highest BCUT2D eigenvalue weighted by molar-refractivity contribution is 6.46. The van der Waals surface area contributed by atoms with E-state index in [1.165, 1.54) is 17.0 Å². The smallest absolute Gasteiger partial charge is 0.295 e. The number of aromatic hydroxyl groups is 1. The van der Waals surface area contributed by atoms with Crippen molar-refractivity contribution < 1.29 is 29.3 Å². The maximum Gasteiger partial charge on any atom is 0.295 e. The van der Waals surface area contributed by atoms with Gasteiger partial charge in [0.05, 0.1) is 31.4 Å². The van der Waals surface area contributed by atoms with Crippen molar-refractivity contribution in [3.05, 3.63) is 65.2 Å². The number of amides is 1. The quantitative estimate of drug-likeness (QED) is 0.351. The van der Waals surface area contributed by atoms with Crippen LogP contribution in [0.5, 0.6) is 11.5 Å². The molecule has 2 saturated heterocycles. The van der Waals surface area contributed by atoms with Crippen LogP contribution in [0.15, 0.2) is 54.1 Å². The molecule has 2 aliphatic rings. The second-order valence-corrected chi connectivity index (χ2v) is 8.41. The molecule has 2 N–H and O–H groups in total. The second-order valence-electron chi connectivity index (χ2n) is 8.41. The number of phenolic OH excluding ortho intramolecular Hbond substituents is 1. The number of hydrogen-bond acceptors (Lipinski definition) is 7. The van der Waals surface area contributed by atoms with Crippen molar-refractivity contribution in [2.75, 3.05) is 46.0 Å². The number of phenols is 1. The van der Waals surface area contributed by atoms with Gasteiger partial charge in [-0.05, 0) is 48.4 Å². The summed E-state index contributed by atoms with van der Waals surface area (Å²) >= 11 is 0. The maximum absolute atomic E-state index is 13.1. The number of Topliss-reactive ketones (excluding diaryl/α,β-unsaturated/α-hetero) is 1. The van der Waals surface area contributed by atoms with E-state index in [1.807, 2.05) is 6.92 Å². The van der Waals surface area contributed by atoms with Gasteiger partial charge < -0.3 is 24.6 Å². The molecule has 4 rings (SSSR count). The van der Waals surface area contributed by atoms with Gasteiger partial charge in [-0.2, -0.15) is 0 Å². The highest BCUT2D eigenvalue weighted by Gasteiger charge is 2.46. The van der Waals surface area contributed by atoms with Crippen LogP contribution < -0.4 is 4.74 Å². The van der Waals surface area contributed by atoms with Gasteiger partial charge in [0.2, 0.25) is 0 Å². The van der Waals surface area contributed by atoms with E-state index >= 15 is 0 Å². The Hall–Kier alpha value is -3.36. The summed E-state index contributed by atoms with van der Waals surface area (Å²) < 4.78 is 11.0. The van der Waals surface area contributed by atoms with Crippen molar-refractivity contribution in [2.24, 2.45) is 0 Å². The summed E-state index contributed by atoms with van der Waals surface area (Å²) in [6.07, 6.45) is 0.877. The minimum absolute atomic E-state index is 0.0416. The van der Waals surface area contributed by atoms with Crippen LogP contribution >= 0.6 is 0 Å². The monoisotopic (exact) mass is 466 g/mol. The zero-order valence-corrected chi connectivity index (χ0v) is 19.3. The van der Waals surface area contributed by atoms with Gasteiger partial charge >= 0.3 is 0 Å². The lowest BCUT2D eigenvalue weighted by atomic mass is 9.95. The number of ketones is 1. The van der Waals surface area contributed by atoms with E-state index in [4.69, 9.17) is 9.47 Å².